The average Bonchev–Trinajstić information content (AvgIpc) is 3.37. The van der Waals surface area contributed by atoms with Gasteiger partial charge in [0.25, 0.3) is 5.56 Å². The van der Waals surface area contributed by atoms with Crippen LogP contribution in [0.3, 0.4) is 0 Å². The van der Waals surface area contributed by atoms with Gasteiger partial charge in [-0.05, 0) is 72.1 Å². The minimum atomic E-state index is -1.53. The smallest absolute Gasteiger partial charge is 0.266 e. The lowest BCUT2D eigenvalue weighted by Gasteiger charge is -2.21. The molecule has 0 spiro atoms. The fourth-order valence-corrected chi connectivity index (χ4v) is 6.90. The minimum absolute atomic E-state index is 0.0154. The Morgan fingerprint density at radius 3 is 2.40 bits per heavy atom. The van der Waals surface area contributed by atoms with Gasteiger partial charge < -0.3 is 10.5 Å². The SMILES string of the molecule is COc1ccc(CN(c2nn(C)c3c(-n4c(C(N)Cc5cc(F)cc(F)c5)nc5cc(Br)ccc5c4=O)ccc(Cl)c23)S(C)=O)cc1. The van der Waals surface area contributed by atoms with Crippen molar-refractivity contribution in [1.82, 2.24) is 19.3 Å². The van der Waals surface area contributed by atoms with Crippen LogP contribution in [0.25, 0.3) is 27.5 Å². The largest absolute Gasteiger partial charge is 0.497 e. The molecular formula is C33H28BrClF2N6O3S. The van der Waals surface area contributed by atoms with E-state index in [9.17, 15) is 17.8 Å². The minimum Gasteiger partial charge on any atom is -0.497 e. The number of nitrogens with zero attached hydrogens (tertiary/aromatic N) is 5. The third-order valence-electron chi connectivity index (χ3n) is 7.74. The summed E-state index contributed by atoms with van der Waals surface area (Å²) < 4.78 is 51.9. The van der Waals surface area contributed by atoms with Crippen molar-refractivity contribution in [2.75, 3.05) is 17.7 Å². The van der Waals surface area contributed by atoms with Crippen LogP contribution in [-0.2, 0) is 31.0 Å². The highest BCUT2D eigenvalue weighted by Crippen LogP contribution is 2.37. The van der Waals surface area contributed by atoms with Gasteiger partial charge in [0.2, 0.25) is 0 Å². The first-order valence-electron chi connectivity index (χ1n) is 14.3. The van der Waals surface area contributed by atoms with Gasteiger partial charge in [-0.25, -0.2) is 18.0 Å². The molecule has 0 amide bonds. The second kappa shape index (κ2) is 13.1. The molecule has 2 unspecified atom stereocenters. The maximum atomic E-state index is 14.3. The van der Waals surface area contributed by atoms with Crippen molar-refractivity contribution in [3.05, 3.63) is 121 Å². The van der Waals surface area contributed by atoms with E-state index < -0.39 is 34.2 Å². The number of benzene rings is 4. The summed E-state index contributed by atoms with van der Waals surface area (Å²) in [5.74, 6) is -0.292. The van der Waals surface area contributed by atoms with Crippen LogP contribution >= 0.6 is 27.5 Å². The molecule has 0 saturated carbocycles. The van der Waals surface area contributed by atoms with Crippen LogP contribution < -0.4 is 20.3 Å². The van der Waals surface area contributed by atoms with E-state index in [0.717, 1.165) is 11.6 Å². The van der Waals surface area contributed by atoms with Crippen LogP contribution in [0.4, 0.5) is 14.6 Å². The summed E-state index contributed by atoms with van der Waals surface area (Å²) >= 11 is 10.3. The Labute approximate surface area is 284 Å². The Kier molecular flexibility index (Phi) is 9.16. The zero-order chi connectivity index (χ0) is 33.6. The summed E-state index contributed by atoms with van der Waals surface area (Å²) in [6, 6.07) is 18.0. The lowest BCUT2D eigenvalue weighted by atomic mass is 10.0. The van der Waals surface area contributed by atoms with Crippen molar-refractivity contribution < 1.29 is 17.7 Å². The maximum absolute atomic E-state index is 14.3. The van der Waals surface area contributed by atoms with Crippen molar-refractivity contribution in [2.24, 2.45) is 12.8 Å². The molecule has 2 N–H and O–H groups in total. The number of anilines is 1. The van der Waals surface area contributed by atoms with E-state index >= 15 is 0 Å². The van der Waals surface area contributed by atoms with Gasteiger partial charge in [0, 0.05) is 23.8 Å². The maximum Gasteiger partial charge on any atom is 0.266 e. The van der Waals surface area contributed by atoms with Crippen LogP contribution in [0, 0.1) is 11.6 Å². The molecule has 6 aromatic rings. The summed E-state index contributed by atoms with van der Waals surface area (Å²) in [4.78, 5) is 19.1. The molecule has 242 valence electrons. The molecular weight excluding hydrogens is 714 g/mol. The number of halogens is 4. The molecule has 2 aromatic heterocycles. The molecule has 47 heavy (non-hydrogen) atoms. The fourth-order valence-electron chi connectivity index (χ4n) is 5.61. The lowest BCUT2D eigenvalue weighted by Crippen LogP contribution is -2.30. The van der Waals surface area contributed by atoms with Gasteiger partial charge >= 0.3 is 0 Å². The Bertz CT molecular complexity index is 2230. The van der Waals surface area contributed by atoms with Gasteiger partial charge in [-0.3, -0.25) is 18.3 Å². The molecule has 14 heteroatoms. The third-order valence-corrected chi connectivity index (χ3v) is 9.47. The highest BCUT2D eigenvalue weighted by molar-refractivity contribution is 9.10. The van der Waals surface area contributed by atoms with Crippen LogP contribution in [-0.4, -0.2) is 36.9 Å². The standard InChI is InChI=1S/C33H28BrClF2N6O3S/c1-41-30-28(11-10-25(35)29(30)32(40-41)42(47(3)45)17-18-4-7-23(46-2)8-5-18)43-31(26(38)14-19-12-21(36)16-22(37)13-19)39-27-15-20(34)6-9-24(27)33(43)44/h4-13,15-16,26H,14,17,38H2,1-3H3. The first-order valence-corrected chi connectivity index (χ1v) is 17.0. The number of hydrogen-bond donors (Lipinski definition) is 1. The molecule has 6 rings (SSSR count). The summed E-state index contributed by atoms with van der Waals surface area (Å²) in [5, 5.41) is 5.84. The molecule has 2 atom stereocenters. The van der Waals surface area contributed by atoms with E-state index in [-0.39, 0.29) is 18.8 Å². The molecule has 0 aliphatic heterocycles. The molecule has 9 nitrogen and oxygen atoms in total. The average molecular weight is 742 g/mol. The number of fused-ring (bicyclic) bond motifs is 2. The van der Waals surface area contributed by atoms with Crippen LogP contribution in [0.2, 0.25) is 5.02 Å². The number of ether oxygens (including phenoxy) is 1. The number of nitrogens with two attached hydrogens (primary N) is 1. The second-order valence-electron chi connectivity index (χ2n) is 10.9. The van der Waals surface area contributed by atoms with Crippen LogP contribution in [0.15, 0.2) is 82.1 Å². The lowest BCUT2D eigenvalue weighted by molar-refractivity contribution is 0.414. The first-order chi connectivity index (χ1) is 22.4. The number of methoxy groups -OCH3 is 1. The topological polar surface area (TPSA) is 108 Å². The zero-order valence-corrected chi connectivity index (χ0v) is 28.5. The molecule has 0 radical (unpaired) electrons. The van der Waals surface area contributed by atoms with Gasteiger partial charge in [0.1, 0.15) is 34.2 Å². The van der Waals surface area contributed by atoms with E-state index in [0.29, 0.717) is 54.1 Å². The van der Waals surface area contributed by atoms with Crippen LogP contribution in [0.5, 0.6) is 5.75 Å². The van der Waals surface area contributed by atoms with Crippen LogP contribution in [0.1, 0.15) is 23.0 Å². The third kappa shape index (κ3) is 6.40. The molecule has 0 fully saturated rings. The van der Waals surface area contributed by atoms with Gasteiger partial charge in [0.05, 0.1) is 52.2 Å². The van der Waals surface area contributed by atoms with Crippen molar-refractivity contribution in [1.29, 1.82) is 0 Å². The number of hydrogen-bond acceptors (Lipinski definition) is 6. The van der Waals surface area contributed by atoms with E-state index in [1.54, 1.807) is 59.7 Å². The monoisotopic (exact) mass is 740 g/mol. The molecule has 0 aliphatic rings. The molecule has 0 saturated heterocycles. The highest BCUT2D eigenvalue weighted by Gasteiger charge is 2.27. The Morgan fingerprint density at radius 2 is 1.74 bits per heavy atom. The van der Waals surface area contributed by atoms with Crippen molar-refractivity contribution in [3.63, 3.8) is 0 Å². The predicted octanol–water partition coefficient (Wildman–Crippen LogP) is 6.52. The van der Waals surface area contributed by atoms with E-state index in [2.05, 4.69) is 15.9 Å². The fraction of sp³-hybridized carbons (Fsp3) is 0.182. The Balaban J connectivity index is 1.56. The molecule has 0 bridgehead atoms. The van der Waals surface area contributed by atoms with Crippen molar-refractivity contribution >= 4 is 66.1 Å². The van der Waals surface area contributed by atoms with E-state index in [1.807, 2.05) is 24.3 Å². The molecule has 0 aliphatic carbocycles. The number of aromatic nitrogens is 4. The second-order valence-corrected chi connectivity index (χ2v) is 13.5. The first kappa shape index (κ1) is 32.8. The van der Waals surface area contributed by atoms with Gasteiger partial charge in [-0.15, -0.1) is 0 Å². The Morgan fingerprint density at radius 1 is 1.04 bits per heavy atom. The quantitative estimate of drug-likeness (QED) is 0.181. The summed E-state index contributed by atoms with van der Waals surface area (Å²) in [6.07, 6.45) is 1.53. The summed E-state index contributed by atoms with van der Waals surface area (Å²) in [6.45, 7) is 0.243. The van der Waals surface area contributed by atoms with E-state index in [4.69, 9.17) is 32.2 Å². The van der Waals surface area contributed by atoms with Gasteiger partial charge in [-0.1, -0.05) is 39.7 Å². The summed E-state index contributed by atoms with van der Waals surface area (Å²) in [7, 11) is 1.75. The zero-order valence-electron chi connectivity index (χ0n) is 25.4. The summed E-state index contributed by atoms with van der Waals surface area (Å²) in [5.41, 5.74) is 8.65. The predicted molar refractivity (Wildman–Crippen MR) is 185 cm³/mol. The number of aryl methyl sites for hydroxylation is 1. The number of rotatable bonds is 9. The highest BCUT2D eigenvalue weighted by atomic mass is 79.9. The van der Waals surface area contributed by atoms with Gasteiger partial charge in [0.15, 0.2) is 5.82 Å². The van der Waals surface area contributed by atoms with Crippen molar-refractivity contribution in [3.8, 4) is 11.4 Å². The van der Waals surface area contributed by atoms with E-state index in [1.165, 1.54) is 16.7 Å². The Hall–Kier alpha value is -4.17. The molecule has 2 heterocycles. The van der Waals surface area contributed by atoms with Gasteiger partial charge in [-0.2, -0.15) is 5.10 Å². The van der Waals surface area contributed by atoms with Crippen molar-refractivity contribution in [2.45, 2.75) is 19.0 Å². The normalized spacial score (nSPS) is 12.9. The molecule has 4 aromatic carbocycles.